The molecule has 1 fully saturated rings. The monoisotopic (exact) mass is 360 g/mol. The number of hydrogen-bond donors (Lipinski definition) is 2. The fourth-order valence-corrected chi connectivity index (χ4v) is 3.37. The summed E-state index contributed by atoms with van der Waals surface area (Å²) in [6.45, 7) is 4.44. The van der Waals surface area contributed by atoms with E-state index in [0.717, 1.165) is 5.52 Å². The molecule has 1 aliphatic heterocycles. The summed E-state index contributed by atoms with van der Waals surface area (Å²) < 4.78 is 6.92. The summed E-state index contributed by atoms with van der Waals surface area (Å²) in [4.78, 5) is 40.6. The van der Waals surface area contributed by atoms with Crippen LogP contribution in [0.15, 0.2) is 23.0 Å². The molecular formula is C18H24N4O4. The van der Waals surface area contributed by atoms with Gasteiger partial charge >= 0.3 is 5.69 Å². The molecule has 3 rings (SSSR count). The van der Waals surface area contributed by atoms with Crippen LogP contribution in [0, 0.1) is 5.92 Å². The Morgan fingerprint density at radius 1 is 1.31 bits per heavy atom. The number of H-pyrrole nitrogens is 1. The molecule has 3 N–H and O–H groups in total. The third-order valence-corrected chi connectivity index (χ3v) is 4.87. The molecule has 2 aromatic rings. The average Bonchev–Trinajstić information content (AvgIpc) is 2.96. The highest BCUT2D eigenvalue weighted by molar-refractivity contribution is 5.97. The van der Waals surface area contributed by atoms with Gasteiger partial charge in [0, 0.05) is 31.2 Å². The van der Waals surface area contributed by atoms with Crippen molar-refractivity contribution >= 4 is 22.8 Å². The molecule has 1 saturated heterocycles. The van der Waals surface area contributed by atoms with Crippen molar-refractivity contribution in [2.24, 2.45) is 11.7 Å². The molecule has 0 atom stereocenters. The lowest BCUT2D eigenvalue weighted by atomic mass is 9.96. The Bertz CT molecular complexity index is 862. The zero-order valence-electron chi connectivity index (χ0n) is 14.9. The van der Waals surface area contributed by atoms with E-state index in [9.17, 15) is 14.4 Å². The van der Waals surface area contributed by atoms with E-state index in [0.29, 0.717) is 56.8 Å². The number of rotatable bonds is 6. The SMILES string of the molecule is CCOCCn1c(=O)[nH]c2cc(C(=O)N3CCC(C(N)=O)CC3)ccc21. The van der Waals surface area contributed by atoms with Crippen molar-refractivity contribution in [2.45, 2.75) is 26.3 Å². The van der Waals surface area contributed by atoms with Gasteiger partial charge in [-0.25, -0.2) is 4.79 Å². The van der Waals surface area contributed by atoms with Crippen molar-refractivity contribution in [1.82, 2.24) is 14.5 Å². The number of aromatic nitrogens is 2. The normalized spacial score (nSPS) is 15.5. The third kappa shape index (κ3) is 3.65. The Balaban J connectivity index is 1.76. The Morgan fingerprint density at radius 2 is 2.04 bits per heavy atom. The van der Waals surface area contributed by atoms with Gasteiger partial charge in [-0.1, -0.05) is 0 Å². The standard InChI is InChI=1S/C18H24N4O4/c1-2-26-10-9-22-15-4-3-13(11-14(15)20-18(22)25)17(24)21-7-5-12(6-8-21)16(19)23/h3-4,11-12H,2,5-10H2,1H3,(H2,19,23)(H,20,25). The fraction of sp³-hybridized carbons (Fsp3) is 0.500. The number of aromatic amines is 1. The minimum Gasteiger partial charge on any atom is -0.380 e. The molecule has 1 aromatic carbocycles. The number of nitrogens with two attached hydrogens (primary N) is 1. The van der Waals surface area contributed by atoms with Gasteiger partial charge in [-0.3, -0.25) is 14.2 Å². The first-order valence-corrected chi connectivity index (χ1v) is 8.90. The van der Waals surface area contributed by atoms with Crippen LogP contribution >= 0.6 is 0 Å². The number of nitrogens with zero attached hydrogens (tertiary/aromatic N) is 2. The summed E-state index contributed by atoms with van der Waals surface area (Å²) in [5.74, 6) is -0.556. The van der Waals surface area contributed by atoms with Gasteiger partial charge in [-0.2, -0.15) is 0 Å². The highest BCUT2D eigenvalue weighted by Gasteiger charge is 2.26. The molecule has 2 heterocycles. The van der Waals surface area contributed by atoms with Gasteiger partial charge in [0.05, 0.1) is 24.2 Å². The number of primary amides is 1. The number of benzene rings is 1. The van der Waals surface area contributed by atoms with Crippen LogP contribution in [0.1, 0.15) is 30.1 Å². The van der Waals surface area contributed by atoms with Gasteiger partial charge in [0.2, 0.25) is 5.91 Å². The number of imidazole rings is 1. The van der Waals surface area contributed by atoms with Gasteiger partial charge in [-0.15, -0.1) is 0 Å². The molecule has 0 aliphatic carbocycles. The molecule has 0 saturated carbocycles. The Hall–Kier alpha value is -2.61. The topological polar surface area (TPSA) is 110 Å². The predicted octanol–water partition coefficient (Wildman–Crippen LogP) is 0.704. The number of likely N-dealkylation sites (tertiary alicyclic amines) is 1. The summed E-state index contributed by atoms with van der Waals surface area (Å²) in [7, 11) is 0. The Labute approximate surface area is 150 Å². The Kier molecular flexibility index (Phi) is 5.41. The lowest BCUT2D eigenvalue weighted by molar-refractivity contribution is -0.123. The lowest BCUT2D eigenvalue weighted by Gasteiger charge is -2.30. The summed E-state index contributed by atoms with van der Waals surface area (Å²) in [5, 5.41) is 0. The number of fused-ring (bicyclic) bond motifs is 1. The molecule has 140 valence electrons. The van der Waals surface area contributed by atoms with Gasteiger partial charge in [-0.05, 0) is 38.0 Å². The predicted molar refractivity (Wildman–Crippen MR) is 96.9 cm³/mol. The van der Waals surface area contributed by atoms with Crippen molar-refractivity contribution in [3.63, 3.8) is 0 Å². The highest BCUT2D eigenvalue weighted by atomic mass is 16.5. The third-order valence-electron chi connectivity index (χ3n) is 4.87. The van der Waals surface area contributed by atoms with Gasteiger partial charge < -0.3 is 20.4 Å². The van der Waals surface area contributed by atoms with Crippen molar-refractivity contribution in [3.8, 4) is 0 Å². The van der Waals surface area contributed by atoms with Gasteiger partial charge in [0.25, 0.3) is 5.91 Å². The molecule has 2 amide bonds. The minimum atomic E-state index is -0.301. The molecule has 0 unspecified atom stereocenters. The maximum atomic E-state index is 12.7. The molecule has 26 heavy (non-hydrogen) atoms. The van der Waals surface area contributed by atoms with Crippen LogP contribution in [-0.4, -0.2) is 52.6 Å². The number of nitrogens with one attached hydrogen (secondary N) is 1. The van der Waals surface area contributed by atoms with Crippen LogP contribution in [0.3, 0.4) is 0 Å². The number of amides is 2. The Morgan fingerprint density at radius 3 is 2.69 bits per heavy atom. The first-order chi connectivity index (χ1) is 12.5. The quantitative estimate of drug-likeness (QED) is 0.739. The molecule has 0 radical (unpaired) electrons. The first kappa shape index (κ1) is 18.2. The number of hydrogen-bond acceptors (Lipinski definition) is 4. The van der Waals surface area contributed by atoms with E-state index in [4.69, 9.17) is 10.5 Å². The second-order valence-electron chi connectivity index (χ2n) is 6.48. The maximum absolute atomic E-state index is 12.7. The largest absolute Gasteiger partial charge is 0.380 e. The summed E-state index contributed by atoms with van der Waals surface area (Å²) >= 11 is 0. The smallest absolute Gasteiger partial charge is 0.326 e. The van der Waals surface area contributed by atoms with Crippen LogP contribution in [0.4, 0.5) is 0 Å². The van der Waals surface area contributed by atoms with Crippen LogP contribution in [0.2, 0.25) is 0 Å². The zero-order chi connectivity index (χ0) is 18.7. The van der Waals surface area contributed by atoms with Crippen molar-refractivity contribution < 1.29 is 14.3 Å². The molecule has 1 aliphatic rings. The number of ether oxygens (including phenoxy) is 1. The van der Waals surface area contributed by atoms with E-state index in [2.05, 4.69) is 4.98 Å². The highest BCUT2D eigenvalue weighted by Crippen LogP contribution is 2.20. The van der Waals surface area contributed by atoms with Crippen LogP contribution in [-0.2, 0) is 16.1 Å². The van der Waals surface area contributed by atoms with Gasteiger partial charge in [0.1, 0.15) is 0 Å². The van der Waals surface area contributed by atoms with E-state index in [1.807, 2.05) is 6.92 Å². The van der Waals surface area contributed by atoms with Crippen LogP contribution in [0.5, 0.6) is 0 Å². The summed E-state index contributed by atoms with van der Waals surface area (Å²) in [5.41, 5.74) is 7.02. The molecule has 8 heteroatoms. The van der Waals surface area contributed by atoms with E-state index < -0.39 is 0 Å². The maximum Gasteiger partial charge on any atom is 0.326 e. The molecular weight excluding hydrogens is 336 g/mol. The van der Waals surface area contributed by atoms with Gasteiger partial charge in [0.15, 0.2) is 0 Å². The van der Waals surface area contributed by atoms with Crippen LogP contribution in [0.25, 0.3) is 11.0 Å². The molecule has 0 bridgehead atoms. The fourth-order valence-electron chi connectivity index (χ4n) is 3.37. The minimum absolute atomic E-state index is 0.0993. The zero-order valence-corrected chi connectivity index (χ0v) is 14.9. The number of carbonyl (C=O) groups excluding carboxylic acids is 2. The van der Waals surface area contributed by atoms with E-state index >= 15 is 0 Å². The van der Waals surface area contributed by atoms with Crippen molar-refractivity contribution in [3.05, 3.63) is 34.2 Å². The number of piperidine rings is 1. The second-order valence-corrected chi connectivity index (χ2v) is 6.48. The summed E-state index contributed by atoms with van der Waals surface area (Å²) in [6.07, 6.45) is 1.18. The molecule has 1 aromatic heterocycles. The summed E-state index contributed by atoms with van der Waals surface area (Å²) in [6, 6.07) is 5.22. The van der Waals surface area contributed by atoms with Crippen molar-refractivity contribution in [1.29, 1.82) is 0 Å². The van der Waals surface area contributed by atoms with Crippen molar-refractivity contribution in [2.75, 3.05) is 26.3 Å². The molecule has 0 spiro atoms. The lowest BCUT2D eigenvalue weighted by Crippen LogP contribution is -2.41. The molecule has 8 nitrogen and oxygen atoms in total. The first-order valence-electron chi connectivity index (χ1n) is 8.90. The van der Waals surface area contributed by atoms with E-state index in [1.165, 1.54) is 0 Å². The number of carbonyl (C=O) groups is 2. The van der Waals surface area contributed by atoms with E-state index in [-0.39, 0.29) is 23.4 Å². The van der Waals surface area contributed by atoms with E-state index in [1.54, 1.807) is 27.7 Å². The second kappa shape index (κ2) is 7.74. The van der Waals surface area contributed by atoms with Crippen LogP contribution < -0.4 is 11.4 Å². The average molecular weight is 360 g/mol.